The normalized spacial score (nSPS) is 28.9. The number of fused-ring (bicyclic) bond motifs is 2. The van der Waals surface area contributed by atoms with Gasteiger partial charge in [0.05, 0.1) is 25.5 Å². The van der Waals surface area contributed by atoms with Gasteiger partial charge in [-0.2, -0.15) is 0 Å². The van der Waals surface area contributed by atoms with E-state index in [1.165, 1.54) is 0 Å². The molecular weight excluding hydrogens is 312 g/mol. The van der Waals surface area contributed by atoms with Gasteiger partial charge in [-0.15, -0.1) is 5.10 Å². The minimum Gasteiger partial charge on any atom is -0.378 e. The van der Waals surface area contributed by atoms with Crippen LogP contribution in [0.4, 0.5) is 0 Å². The summed E-state index contributed by atoms with van der Waals surface area (Å²) in [6, 6.07) is 6.96. The standard InChI is InChI=1S/C16H18N4O4/c17-14(21)11-3-1-10(2-4-11)7-20-8-13(18-19-20)16(22)6-5-12-9-23-15(16)24-12/h1-4,8,12,15,22H,5-7,9H2,(H2,17,21)/t12-,15+,16?/m0/s1. The molecule has 0 spiro atoms. The summed E-state index contributed by atoms with van der Waals surface area (Å²) in [5.74, 6) is -0.459. The fourth-order valence-corrected chi connectivity index (χ4v) is 3.13. The van der Waals surface area contributed by atoms with E-state index < -0.39 is 17.8 Å². The topological polar surface area (TPSA) is 112 Å². The van der Waals surface area contributed by atoms with Gasteiger partial charge in [0.1, 0.15) is 5.69 Å². The molecule has 2 aliphatic rings. The molecule has 3 atom stereocenters. The second kappa shape index (κ2) is 5.66. The SMILES string of the molecule is NC(=O)c1ccc(Cn2cc(C3(O)CC[C@H]4CO[C@@H]3O4)nn2)cc1. The lowest BCUT2D eigenvalue weighted by atomic mass is 9.90. The fraction of sp³-hybridized carbons (Fsp3) is 0.438. The lowest BCUT2D eigenvalue weighted by molar-refractivity contribution is -0.219. The second-order valence-corrected chi connectivity index (χ2v) is 6.25. The number of aliphatic hydroxyl groups is 1. The van der Waals surface area contributed by atoms with Gasteiger partial charge in [-0.3, -0.25) is 4.79 Å². The maximum atomic E-state index is 11.1. The molecule has 0 aliphatic carbocycles. The lowest BCUT2D eigenvalue weighted by Gasteiger charge is -2.34. The van der Waals surface area contributed by atoms with Crippen molar-refractivity contribution in [3.05, 3.63) is 47.3 Å². The third-order valence-corrected chi connectivity index (χ3v) is 4.55. The molecule has 8 heteroatoms. The molecule has 8 nitrogen and oxygen atoms in total. The van der Waals surface area contributed by atoms with Crippen molar-refractivity contribution >= 4 is 5.91 Å². The maximum Gasteiger partial charge on any atom is 0.248 e. The van der Waals surface area contributed by atoms with E-state index >= 15 is 0 Å². The number of carbonyl (C=O) groups is 1. The van der Waals surface area contributed by atoms with Crippen molar-refractivity contribution in [1.29, 1.82) is 0 Å². The van der Waals surface area contributed by atoms with Crippen molar-refractivity contribution in [2.24, 2.45) is 5.73 Å². The van der Waals surface area contributed by atoms with Crippen LogP contribution in [0.15, 0.2) is 30.5 Å². The molecule has 2 fully saturated rings. The van der Waals surface area contributed by atoms with Crippen LogP contribution in [0.5, 0.6) is 0 Å². The van der Waals surface area contributed by atoms with Gasteiger partial charge in [-0.25, -0.2) is 4.68 Å². The van der Waals surface area contributed by atoms with E-state index in [-0.39, 0.29) is 6.10 Å². The number of aromatic nitrogens is 3. The number of primary amides is 1. The molecule has 2 aliphatic heterocycles. The van der Waals surface area contributed by atoms with E-state index in [2.05, 4.69) is 10.3 Å². The van der Waals surface area contributed by atoms with Gasteiger partial charge in [-0.1, -0.05) is 17.3 Å². The molecule has 1 aromatic heterocycles. The van der Waals surface area contributed by atoms with Crippen LogP contribution >= 0.6 is 0 Å². The van der Waals surface area contributed by atoms with Gasteiger partial charge >= 0.3 is 0 Å². The predicted molar refractivity (Wildman–Crippen MR) is 81.8 cm³/mol. The average molecular weight is 330 g/mol. The maximum absolute atomic E-state index is 11.1. The Morgan fingerprint density at radius 2 is 2.21 bits per heavy atom. The molecule has 0 saturated carbocycles. The summed E-state index contributed by atoms with van der Waals surface area (Å²) in [4.78, 5) is 11.1. The first kappa shape index (κ1) is 15.3. The molecule has 1 aromatic carbocycles. The van der Waals surface area contributed by atoms with Crippen LogP contribution in [0.2, 0.25) is 0 Å². The fourth-order valence-electron chi connectivity index (χ4n) is 3.13. The Labute approximate surface area is 138 Å². The average Bonchev–Trinajstić information content (AvgIpc) is 3.20. The highest BCUT2D eigenvalue weighted by atomic mass is 16.7. The van der Waals surface area contributed by atoms with Crippen molar-refractivity contribution in [3.63, 3.8) is 0 Å². The molecule has 3 heterocycles. The van der Waals surface area contributed by atoms with Crippen LogP contribution in [0.25, 0.3) is 0 Å². The quantitative estimate of drug-likeness (QED) is 0.825. The van der Waals surface area contributed by atoms with Crippen molar-refractivity contribution < 1.29 is 19.4 Å². The van der Waals surface area contributed by atoms with Crippen LogP contribution in [-0.2, 0) is 21.6 Å². The van der Waals surface area contributed by atoms with Gasteiger partial charge < -0.3 is 20.3 Å². The Kier molecular flexibility index (Phi) is 3.60. The number of amides is 1. The number of rotatable bonds is 4. The largest absolute Gasteiger partial charge is 0.378 e. The summed E-state index contributed by atoms with van der Waals surface area (Å²) in [7, 11) is 0. The monoisotopic (exact) mass is 330 g/mol. The summed E-state index contributed by atoms with van der Waals surface area (Å²) in [6.45, 7) is 0.977. The third-order valence-electron chi connectivity index (χ3n) is 4.55. The highest BCUT2D eigenvalue weighted by Crippen LogP contribution is 2.40. The van der Waals surface area contributed by atoms with Gasteiger partial charge in [0.2, 0.25) is 5.91 Å². The van der Waals surface area contributed by atoms with Gasteiger partial charge in [0, 0.05) is 5.56 Å². The minimum atomic E-state index is -1.26. The molecular formula is C16H18N4O4. The second-order valence-electron chi connectivity index (χ2n) is 6.25. The first-order chi connectivity index (χ1) is 11.5. The third kappa shape index (κ3) is 2.58. The Bertz CT molecular complexity index is 760. The number of hydrogen-bond acceptors (Lipinski definition) is 6. The zero-order chi connectivity index (χ0) is 16.7. The van der Waals surface area contributed by atoms with Crippen molar-refractivity contribution in [2.45, 2.75) is 37.4 Å². The number of nitrogens with zero attached hydrogens (tertiary/aromatic N) is 3. The molecule has 2 bridgehead atoms. The van der Waals surface area contributed by atoms with Crippen LogP contribution in [0, 0.1) is 0 Å². The summed E-state index contributed by atoms with van der Waals surface area (Å²) < 4.78 is 12.8. The summed E-state index contributed by atoms with van der Waals surface area (Å²) in [5.41, 5.74) is 5.81. The number of ether oxygens (including phenoxy) is 2. The smallest absolute Gasteiger partial charge is 0.248 e. The molecule has 2 saturated heterocycles. The Morgan fingerprint density at radius 1 is 1.42 bits per heavy atom. The van der Waals surface area contributed by atoms with E-state index in [4.69, 9.17) is 15.2 Å². The van der Waals surface area contributed by atoms with E-state index in [1.807, 2.05) is 12.1 Å². The first-order valence-corrected chi connectivity index (χ1v) is 7.83. The molecule has 1 amide bonds. The molecule has 2 aromatic rings. The zero-order valence-corrected chi connectivity index (χ0v) is 13.0. The molecule has 4 rings (SSSR count). The Balaban J connectivity index is 1.51. The first-order valence-electron chi connectivity index (χ1n) is 7.83. The summed E-state index contributed by atoms with van der Waals surface area (Å²) in [6.07, 6.45) is 2.35. The number of nitrogens with two attached hydrogens (primary N) is 1. The molecule has 24 heavy (non-hydrogen) atoms. The van der Waals surface area contributed by atoms with Crippen LogP contribution in [-0.4, -0.2) is 45.0 Å². The van der Waals surface area contributed by atoms with E-state index in [1.54, 1.807) is 23.0 Å². The number of carbonyl (C=O) groups excluding carboxylic acids is 1. The van der Waals surface area contributed by atoms with E-state index in [0.29, 0.717) is 30.8 Å². The highest BCUT2D eigenvalue weighted by Gasteiger charge is 2.51. The van der Waals surface area contributed by atoms with Crippen LogP contribution in [0.3, 0.4) is 0 Å². The van der Waals surface area contributed by atoms with Crippen molar-refractivity contribution in [1.82, 2.24) is 15.0 Å². The summed E-state index contributed by atoms with van der Waals surface area (Å²) >= 11 is 0. The van der Waals surface area contributed by atoms with E-state index in [9.17, 15) is 9.90 Å². The Morgan fingerprint density at radius 3 is 2.96 bits per heavy atom. The van der Waals surface area contributed by atoms with Gasteiger partial charge in [-0.05, 0) is 30.5 Å². The Hall–Kier alpha value is -2.29. The molecule has 126 valence electrons. The minimum absolute atomic E-state index is 0.0640. The van der Waals surface area contributed by atoms with Gasteiger partial charge in [0.25, 0.3) is 0 Å². The van der Waals surface area contributed by atoms with Gasteiger partial charge in [0.15, 0.2) is 11.9 Å². The highest BCUT2D eigenvalue weighted by molar-refractivity contribution is 5.92. The summed E-state index contributed by atoms with van der Waals surface area (Å²) in [5, 5.41) is 19.1. The lowest BCUT2D eigenvalue weighted by Crippen LogP contribution is -2.44. The number of benzene rings is 1. The molecule has 3 N–H and O–H groups in total. The van der Waals surface area contributed by atoms with Crippen molar-refractivity contribution in [2.75, 3.05) is 6.61 Å². The van der Waals surface area contributed by atoms with E-state index in [0.717, 1.165) is 12.0 Å². The van der Waals surface area contributed by atoms with Crippen LogP contribution in [0.1, 0.15) is 34.5 Å². The van der Waals surface area contributed by atoms with Crippen molar-refractivity contribution in [3.8, 4) is 0 Å². The predicted octanol–water partition coefficient (Wildman–Crippen LogP) is 0.148. The molecule has 1 unspecified atom stereocenters. The molecule has 0 radical (unpaired) electrons. The zero-order valence-electron chi connectivity index (χ0n) is 13.0. The van der Waals surface area contributed by atoms with Crippen LogP contribution < -0.4 is 5.73 Å². The number of hydrogen-bond donors (Lipinski definition) is 2.